The van der Waals surface area contributed by atoms with E-state index in [4.69, 9.17) is 9.47 Å². The zero-order valence-corrected chi connectivity index (χ0v) is 13.5. The van der Waals surface area contributed by atoms with Crippen molar-refractivity contribution in [3.05, 3.63) is 24.0 Å². The first kappa shape index (κ1) is 17.9. The highest BCUT2D eigenvalue weighted by atomic mass is 19.3. The summed E-state index contributed by atoms with van der Waals surface area (Å²) in [4.78, 5) is 0. The first-order chi connectivity index (χ1) is 10.9. The van der Waals surface area contributed by atoms with Gasteiger partial charge in [0.15, 0.2) is 18.2 Å². The van der Waals surface area contributed by atoms with Gasteiger partial charge in [-0.25, -0.2) is 4.39 Å². The molecule has 0 aliphatic heterocycles. The average molecular weight is 332 g/mol. The Labute approximate surface area is 134 Å². The lowest BCUT2D eigenvalue weighted by molar-refractivity contribution is -0.222. The summed E-state index contributed by atoms with van der Waals surface area (Å²) in [5.41, 5.74) is 0. The van der Waals surface area contributed by atoms with Crippen molar-refractivity contribution in [2.75, 3.05) is 13.2 Å². The molecule has 0 radical (unpaired) electrons. The summed E-state index contributed by atoms with van der Waals surface area (Å²) < 4.78 is 56.1. The van der Waals surface area contributed by atoms with Crippen LogP contribution in [0.1, 0.15) is 39.5 Å². The minimum absolute atomic E-state index is 0.00995. The van der Waals surface area contributed by atoms with E-state index in [0.717, 1.165) is 31.7 Å². The third-order valence-corrected chi connectivity index (χ3v) is 3.92. The average Bonchev–Trinajstić information content (AvgIpc) is 2.49. The Morgan fingerprint density at radius 3 is 2.48 bits per heavy atom. The van der Waals surface area contributed by atoms with Crippen LogP contribution in [-0.2, 0) is 4.74 Å². The highest BCUT2D eigenvalue weighted by Gasteiger charge is 2.34. The standard InChI is InChI=1S/C17H23F3O3/c1-3-21-16-9-8-14(10-15(16)18)23-17(19,20)11-22-13-6-4-12(2)5-7-13/h8-10,12-13H,3-7,11H2,1-2H3. The number of hydrogen-bond donors (Lipinski definition) is 0. The molecule has 0 unspecified atom stereocenters. The van der Waals surface area contributed by atoms with Gasteiger partial charge in [0.2, 0.25) is 0 Å². The van der Waals surface area contributed by atoms with E-state index in [0.29, 0.717) is 12.5 Å². The number of halogens is 3. The molecule has 0 bridgehead atoms. The fourth-order valence-electron chi connectivity index (χ4n) is 2.63. The van der Waals surface area contributed by atoms with Crippen LogP contribution in [0.4, 0.5) is 13.2 Å². The van der Waals surface area contributed by atoms with Crippen molar-refractivity contribution in [2.24, 2.45) is 5.92 Å². The second-order valence-electron chi connectivity index (χ2n) is 5.96. The molecule has 1 aliphatic rings. The van der Waals surface area contributed by atoms with E-state index in [1.165, 1.54) is 12.1 Å². The largest absolute Gasteiger partial charge is 0.491 e. The second kappa shape index (κ2) is 7.90. The number of benzene rings is 1. The van der Waals surface area contributed by atoms with E-state index in [1.807, 2.05) is 0 Å². The Bertz CT molecular complexity index is 500. The van der Waals surface area contributed by atoms with Crippen molar-refractivity contribution in [3.8, 4) is 11.5 Å². The van der Waals surface area contributed by atoms with Gasteiger partial charge in [-0.05, 0) is 50.7 Å². The maximum absolute atomic E-state index is 13.8. The highest BCUT2D eigenvalue weighted by Crippen LogP contribution is 2.29. The van der Waals surface area contributed by atoms with Crippen LogP contribution in [0.3, 0.4) is 0 Å². The van der Waals surface area contributed by atoms with Crippen molar-refractivity contribution in [3.63, 3.8) is 0 Å². The molecular formula is C17H23F3O3. The number of rotatable bonds is 7. The number of alkyl halides is 2. The van der Waals surface area contributed by atoms with Gasteiger partial charge >= 0.3 is 6.11 Å². The van der Waals surface area contributed by atoms with E-state index in [-0.39, 0.29) is 17.6 Å². The molecule has 1 aliphatic carbocycles. The summed E-state index contributed by atoms with van der Waals surface area (Å²) in [7, 11) is 0. The van der Waals surface area contributed by atoms with E-state index < -0.39 is 18.5 Å². The molecule has 0 aromatic heterocycles. The Morgan fingerprint density at radius 2 is 1.87 bits per heavy atom. The second-order valence-corrected chi connectivity index (χ2v) is 5.96. The first-order valence-electron chi connectivity index (χ1n) is 8.00. The number of ether oxygens (including phenoxy) is 3. The van der Waals surface area contributed by atoms with E-state index in [2.05, 4.69) is 11.7 Å². The van der Waals surface area contributed by atoms with Crippen LogP contribution in [-0.4, -0.2) is 25.4 Å². The van der Waals surface area contributed by atoms with Crippen LogP contribution in [0.2, 0.25) is 0 Å². The molecule has 0 spiro atoms. The smallest absolute Gasteiger partial charge is 0.421 e. The highest BCUT2D eigenvalue weighted by molar-refractivity contribution is 5.33. The summed E-state index contributed by atoms with van der Waals surface area (Å²) in [5.74, 6) is -0.353. The Hall–Kier alpha value is -1.43. The first-order valence-corrected chi connectivity index (χ1v) is 8.00. The molecule has 23 heavy (non-hydrogen) atoms. The predicted molar refractivity (Wildman–Crippen MR) is 80.5 cm³/mol. The fourth-order valence-corrected chi connectivity index (χ4v) is 2.63. The topological polar surface area (TPSA) is 27.7 Å². The Morgan fingerprint density at radius 1 is 1.17 bits per heavy atom. The van der Waals surface area contributed by atoms with Crippen LogP contribution < -0.4 is 9.47 Å². The maximum atomic E-state index is 13.8. The van der Waals surface area contributed by atoms with E-state index >= 15 is 0 Å². The normalized spacial score (nSPS) is 22.0. The van der Waals surface area contributed by atoms with Crippen LogP contribution in [0.25, 0.3) is 0 Å². The van der Waals surface area contributed by atoms with Gasteiger partial charge in [0, 0.05) is 6.07 Å². The molecule has 0 amide bonds. The molecule has 2 rings (SSSR count). The summed E-state index contributed by atoms with van der Waals surface area (Å²) in [6, 6.07) is 3.42. The van der Waals surface area contributed by atoms with Crippen LogP contribution >= 0.6 is 0 Å². The molecular weight excluding hydrogens is 309 g/mol. The predicted octanol–water partition coefficient (Wildman–Crippen LogP) is 4.79. The molecule has 0 saturated heterocycles. The van der Waals surface area contributed by atoms with Gasteiger partial charge in [0.1, 0.15) is 5.75 Å². The lowest BCUT2D eigenvalue weighted by Crippen LogP contribution is -2.34. The van der Waals surface area contributed by atoms with Gasteiger partial charge in [0.25, 0.3) is 0 Å². The molecule has 1 saturated carbocycles. The molecule has 0 heterocycles. The summed E-state index contributed by atoms with van der Waals surface area (Å²) >= 11 is 0. The van der Waals surface area contributed by atoms with Gasteiger partial charge in [-0.15, -0.1) is 0 Å². The Balaban J connectivity index is 1.86. The van der Waals surface area contributed by atoms with E-state index in [1.54, 1.807) is 6.92 Å². The van der Waals surface area contributed by atoms with Crippen molar-refractivity contribution in [2.45, 2.75) is 51.7 Å². The molecule has 130 valence electrons. The molecule has 1 aromatic rings. The molecule has 0 atom stereocenters. The van der Waals surface area contributed by atoms with Gasteiger partial charge in [-0.1, -0.05) is 6.92 Å². The van der Waals surface area contributed by atoms with Crippen LogP contribution in [0.15, 0.2) is 18.2 Å². The third-order valence-electron chi connectivity index (χ3n) is 3.92. The lowest BCUT2D eigenvalue weighted by Gasteiger charge is -2.28. The molecule has 3 nitrogen and oxygen atoms in total. The fraction of sp³-hybridized carbons (Fsp3) is 0.647. The zero-order chi connectivity index (χ0) is 16.9. The van der Waals surface area contributed by atoms with E-state index in [9.17, 15) is 13.2 Å². The summed E-state index contributed by atoms with van der Waals surface area (Å²) in [5, 5.41) is 0. The summed E-state index contributed by atoms with van der Waals surface area (Å²) in [6.07, 6.45) is -0.104. The van der Waals surface area contributed by atoms with Crippen molar-refractivity contribution in [1.82, 2.24) is 0 Å². The maximum Gasteiger partial charge on any atom is 0.421 e. The summed E-state index contributed by atoms with van der Waals surface area (Å²) in [6.45, 7) is 3.32. The van der Waals surface area contributed by atoms with Gasteiger partial charge in [-0.3, -0.25) is 0 Å². The molecule has 6 heteroatoms. The quantitative estimate of drug-likeness (QED) is 0.718. The van der Waals surface area contributed by atoms with Crippen molar-refractivity contribution < 1.29 is 27.4 Å². The molecule has 1 fully saturated rings. The lowest BCUT2D eigenvalue weighted by atomic mass is 9.89. The minimum Gasteiger partial charge on any atom is -0.491 e. The van der Waals surface area contributed by atoms with Crippen LogP contribution in [0, 0.1) is 11.7 Å². The minimum atomic E-state index is -3.50. The van der Waals surface area contributed by atoms with Gasteiger partial charge < -0.3 is 14.2 Å². The van der Waals surface area contributed by atoms with Crippen LogP contribution in [0.5, 0.6) is 11.5 Å². The monoisotopic (exact) mass is 332 g/mol. The van der Waals surface area contributed by atoms with Crippen molar-refractivity contribution in [1.29, 1.82) is 0 Å². The third kappa shape index (κ3) is 5.61. The Kier molecular flexibility index (Phi) is 6.16. The van der Waals surface area contributed by atoms with Gasteiger partial charge in [0.05, 0.1) is 12.7 Å². The van der Waals surface area contributed by atoms with Crippen molar-refractivity contribution >= 4 is 0 Å². The molecule has 1 aromatic carbocycles. The SMILES string of the molecule is CCOc1ccc(OC(F)(F)COC2CCC(C)CC2)cc1F. The van der Waals surface area contributed by atoms with Gasteiger partial charge in [-0.2, -0.15) is 8.78 Å². The number of hydrogen-bond acceptors (Lipinski definition) is 3. The molecule has 0 N–H and O–H groups in total. The zero-order valence-electron chi connectivity index (χ0n) is 13.5.